The third-order valence-corrected chi connectivity index (χ3v) is 3.61. The van der Waals surface area contributed by atoms with E-state index >= 15 is 0 Å². The quantitative estimate of drug-likeness (QED) is 0.927. The van der Waals surface area contributed by atoms with Crippen molar-refractivity contribution in [2.45, 2.75) is 25.1 Å². The van der Waals surface area contributed by atoms with Gasteiger partial charge in [0.2, 0.25) is 0 Å². The van der Waals surface area contributed by atoms with Crippen molar-refractivity contribution in [2.75, 3.05) is 26.7 Å². The zero-order valence-electron chi connectivity index (χ0n) is 12.3. The number of piperidine rings is 1. The number of alkyl halides is 3. The summed E-state index contributed by atoms with van der Waals surface area (Å²) in [5, 5.41) is 2.84. The van der Waals surface area contributed by atoms with E-state index in [0.29, 0.717) is 0 Å². The molecule has 22 heavy (non-hydrogen) atoms. The van der Waals surface area contributed by atoms with E-state index in [-0.39, 0.29) is 24.3 Å². The number of rotatable bonds is 4. The molecule has 122 valence electrons. The molecule has 1 amide bonds. The molecule has 2 rings (SSSR count). The van der Waals surface area contributed by atoms with Crippen LogP contribution in [-0.4, -0.2) is 43.6 Å². The molecular formula is C15H19F3N2O2. The summed E-state index contributed by atoms with van der Waals surface area (Å²) in [6.45, 7) is 1.55. The van der Waals surface area contributed by atoms with Crippen LogP contribution in [0.2, 0.25) is 0 Å². The molecule has 1 aliphatic heterocycles. The van der Waals surface area contributed by atoms with Gasteiger partial charge in [-0.15, -0.1) is 0 Å². The van der Waals surface area contributed by atoms with Crippen molar-refractivity contribution >= 4 is 5.91 Å². The van der Waals surface area contributed by atoms with Crippen molar-refractivity contribution in [3.63, 3.8) is 0 Å². The van der Waals surface area contributed by atoms with Gasteiger partial charge in [0.05, 0.1) is 5.56 Å². The number of ether oxygens (including phenoxy) is 1. The van der Waals surface area contributed by atoms with Gasteiger partial charge in [-0.05, 0) is 51.2 Å². The fourth-order valence-corrected chi connectivity index (χ4v) is 2.33. The molecule has 0 atom stereocenters. The van der Waals surface area contributed by atoms with E-state index in [4.69, 9.17) is 4.74 Å². The Kier molecular flexibility index (Phi) is 5.28. The van der Waals surface area contributed by atoms with Gasteiger partial charge in [0.25, 0.3) is 5.91 Å². The SMILES string of the molecule is CN1CCC(NC(=O)COc2cccc(C(F)(F)F)c2)CC1. The maximum absolute atomic E-state index is 12.6. The second kappa shape index (κ2) is 7.00. The number of hydrogen-bond donors (Lipinski definition) is 1. The molecule has 0 bridgehead atoms. The maximum Gasteiger partial charge on any atom is 0.416 e. The van der Waals surface area contributed by atoms with Gasteiger partial charge in [-0.2, -0.15) is 13.2 Å². The smallest absolute Gasteiger partial charge is 0.416 e. The molecule has 1 saturated heterocycles. The summed E-state index contributed by atoms with van der Waals surface area (Å²) in [6, 6.07) is 4.62. The van der Waals surface area contributed by atoms with Crippen LogP contribution in [0.3, 0.4) is 0 Å². The van der Waals surface area contributed by atoms with Crippen molar-refractivity contribution in [2.24, 2.45) is 0 Å². The molecule has 0 spiro atoms. The molecule has 0 unspecified atom stereocenters. The second-order valence-electron chi connectivity index (χ2n) is 5.46. The molecule has 0 aromatic heterocycles. The van der Waals surface area contributed by atoms with E-state index in [1.807, 2.05) is 7.05 Å². The first-order chi connectivity index (χ1) is 10.3. The Bertz CT molecular complexity index is 512. The lowest BCUT2D eigenvalue weighted by Crippen LogP contribution is -2.44. The number of benzene rings is 1. The Morgan fingerprint density at radius 3 is 2.68 bits per heavy atom. The Morgan fingerprint density at radius 2 is 2.05 bits per heavy atom. The van der Waals surface area contributed by atoms with E-state index in [0.717, 1.165) is 38.1 Å². The number of nitrogens with zero attached hydrogens (tertiary/aromatic N) is 1. The number of halogens is 3. The molecule has 1 heterocycles. The molecule has 0 radical (unpaired) electrons. The van der Waals surface area contributed by atoms with Gasteiger partial charge >= 0.3 is 6.18 Å². The lowest BCUT2D eigenvalue weighted by atomic mass is 10.1. The molecular weight excluding hydrogens is 297 g/mol. The average Bonchev–Trinajstić information content (AvgIpc) is 2.47. The number of amides is 1. The zero-order chi connectivity index (χ0) is 16.2. The number of hydrogen-bond acceptors (Lipinski definition) is 3. The minimum Gasteiger partial charge on any atom is -0.484 e. The van der Waals surface area contributed by atoms with Gasteiger partial charge in [-0.1, -0.05) is 6.07 Å². The van der Waals surface area contributed by atoms with Gasteiger partial charge in [0.1, 0.15) is 5.75 Å². The normalized spacial score (nSPS) is 17.3. The molecule has 1 fully saturated rings. The minimum absolute atomic E-state index is 0.0355. The zero-order valence-corrected chi connectivity index (χ0v) is 12.3. The van der Waals surface area contributed by atoms with Gasteiger partial charge in [0.15, 0.2) is 6.61 Å². The number of nitrogens with one attached hydrogen (secondary N) is 1. The van der Waals surface area contributed by atoms with Crippen LogP contribution in [0, 0.1) is 0 Å². The highest BCUT2D eigenvalue weighted by Gasteiger charge is 2.30. The van der Waals surface area contributed by atoms with Crippen molar-refractivity contribution in [3.8, 4) is 5.75 Å². The summed E-state index contributed by atoms with van der Waals surface area (Å²) in [4.78, 5) is 14.0. The fourth-order valence-electron chi connectivity index (χ4n) is 2.33. The molecule has 1 aromatic carbocycles. The molecule has 0 aliphatic carbocycles. The Hall–Kier alpha value is -1.76. The van der Waals surface area contributed by atoms with Crippen LogP contribution >= 0.6 is 0 Å². The van der Waals surface area contributed by atoms with Crippen LogP contribution in [0.5, 0.6) is 5.75 Å². The second-order valence-corrected chi connectivity index (χ2v) is 5.46. The summed E-state index contributed by atoms with van der Waals surface area (Å²) >= 11 is 0. The highest BCUT2D eigenvalue weighted by Crippen LogP contribution is 2.31. The van der Waals surface area contributed by atoms with Gasteiger partial charge in [0, 0.05) is 6.04 Å². The fraction of sp³-hybridized carbons (Fsp3) is 0.533. The molecule has 0 saturated carbocycles. The summed E-state index contributed by atoms with van der Waals surface area (Å²) in [5.74, 6) is -0.277. The van der Waals surface area contributed by atoms with Crippen LogP contribution in [0.15, 0.2) is 24.3 Å². The van der Waals surface area contributed by atoms with Crippen molar-refractivity contribution in [1.82, 2.24) is 10.2 Å². The molecule has 4 nitrogen and oxygen atoms in total. The first-order valence-electron chi connectivity index (χ1n) is 7.12. The lowest BCUT2D eigenvalue weighted by Gasteiger charge is -2.29. The standard InChI is InChI=1S/C15H19F3N2O2/c1-20-7-5-12(6-8-20)19-14(21)10-22-13-4-2-3-11(9-13)15(16,17)18/h2-4,9,12H,5-8,10H2,1H3,(H,19,21). The topological polar surface area (TPSA) is 41.6 Å². The van der Waals surface area contributed by atoms with Crippen LogP contribution in [0.25, 0.3) is 0 Å². The number of likely N-dealkylation sites (tertiary alicyclic amines) is 1. The monoisotopic (exact) mass is 316 g/mol. The number of carbonyl (C=O) groups excluding carboxylic acids is 1. The third-order valence-electron chi connectivity index (χ3n) is 3.61. The Morgan fingerprint density at radius 1 is 1.36 bits per heavy atom. The minimum atomic E-state index is -4.42. The third kappa shape index (κ3) is 4.91. The summed E-state index contributed by atoms with van der Waals surface area (Å²) in [5.41, 5.74) is -0.791. The molecule has 1 aliphatic rings. The highest BCUT2D eigenvalue weighted by atomic mass is 19.4. The summed E-state index contributed by atoms with van der Waals surface area (Å²) in [7, 11) is 2.02. The van der Waals surface area contributed by atoms with Gasteiger partial charge in [-0.3, -0.25) is 4.79 Å². The van der Waals surface area contributed by atoms with Crippen LogP contribution in [0.4, 0.5) is 13.2 Å². The predicted octanol–water partition coefficient (Wildman–Crippen LogP) is 2.29. The summed E-state index contributed by atoms with van der Waals surface area (Å²) < 4.78 is 42.8. The number of carbonyl (C=O) groups is 1. The van der Waals surface area contributed by atoms with E-state index in [2.05, 4.69) is 10.2 Å². The first-order valence-corrected chi connectivity index (χ1v) is 7.12. The summed E-state index contributed by atoms with van der Waals surface area (Å²) in [6.07, 6.45) is -2.69. The largest absolute Gasteiger partial charge is 0.484 e. The van der Waals surface area contributed by atoms with E-state index in [1.54, 1.807) is 0 Å². The Labute approximate surface area is 127 Å². The van der Waals surface area contributed by atoms with Crippen LogP contribution in [0.1, 0.15) is 18.4 Å². The molecule has 1 aromatic rings. The van der Waals surface area contributed by atoms with E-state index in [9.17, 15) is 18.0 Å². The van der Waals surface area contributed by atoms with Crippen molar-refractivity contribution in [1.29, 1.82) is 0 Å². The van der Waals surface area contributed by atoms with Crippen molar-refractivity contribution < 1.29 is 22.7 Å². The van der Waals surface area contributed by atoms with Gasteiger partial charge < -0.3 is 15.0 Å². The van der Waals surface area contributed by atoms with Crippen LogP contribution < -0.4 is 10.1 Å². The highest BCUT2D eigenvalue weighted by molar-refractivity contribution is 5.77. The first kappa shape index (κ1) is 16.6. The van der Waals surface area contributed by atoms with E-state index < -0.39 is 11.7 Å². The maximum atomic E-state index is 12.6. The average molecular weight is 316 g/mol. The lowest BCUT2D eigenvalue weighted by molar-refractivity contribution is -0.137. The van der Waals surface area contributed by atoms with Gasteiger partial charge in [-0.25, -0.2) is 0 Å². The van der Waals surface area contributed by atoms with Crippen LogP contribution in [-0.2, 0) is 11.0 Å². The Balaban J connectivity index is 1.81. The van der Waals surface area contributed by atoms with E-state index in [1.165, 1.54) is 12.1 Å². The predicted molar refractivity (Wildman–Crippen MR) is 75.6 cm³/mol. The molecule has 1 N–H and O–H groups in total. The van der Waals surface area contributed by atoms with Crippen molar-refractivity contribution in [3.05, 3.63) is 29.8 Å². The molecule has 7 heteroatoms.